The maximum Gasteiger partial charge on any atom is 0.240 e. The summed E-state index contributed by atoms with van der Waals surface area (Å²) < 4.78 is 0. The average Bonchev–Trinajstić information content (AvgIpc) is 2.50. The SMILES string of the molecule is CC(C)C(Nc1nncs1)C(N)=O. The summed E-state index contributed by atoms with van der Waals surface area (Å²) in [4.78, 5) is 11.0. The van der Waals surface area contributed by atoms with Crippen LogP contribution in [0.4, 0.5) is 5.13 Å². The van der Waals surface area contributed by atoms with Crippen molar-refractivity contribution in [2.24, 2.45) is 11.7 Å². The summed E-state index contributed by atoms with van der Waals surface area (Å²) >= 11 is 1.34. The first-order valence-electron chi connectivity index (χ1n) is 3.93. The van der Waals surface area contributed by atoms with Gasteiger partial charge in [-0.05, 0) is 5.92 Å². The van der Waals surface area contributed by atoms with Crippen molar-refractivity contribution >= 4 is 22.4 Å². The number of aromatic nitrogens is 2. The molecule has 0 spiro atoms. The molecule has 0 fully saturated rings. The van der Waals surface area contributed by atoms with Gasteiger partial charge >= 0.3 is 0 Å². The van der Waals surface area contributed by atoms with Crippen LogP contribution in [0.3, 0.4) is 0 Å². The Labute approximate surface area is 80.4 Å². The van der Waals surface area contributed by atoms with Gasteiger partial charge in [0.25, 0.3) is 0 Å². The number of rotatable bonds is 4. The van der Waals surface area contributed by atoms with Crippen molar-refractivity contribution in [3.05, 3.63) is 5.51 Å². The Bertz CT molecular complexity index is 272. The predicted octanol–water partition coefficient (Wildman–Crippen LogP) is 0.460. The van der Waals surface area contributed by atoms with E-state index in [0.29, 0.717) is 5.13 Å². The Morgan fingerprint density at radius 1 is 1.69 bits per heavy atom. The van der Waals surface area contributed by atoms with E-state index in [-0.39, 0.29) is 17.9 Å². The first-order chi connectivity index (χ1) is 6.11. The highest BCUT2D eigenvalue weighted by Gasteiger charge is 2.19. The van der Waals surface area contributed by atoms with Gasteiger partial charge in [0.05, 0.1) is 0 Å². The number of nitrogens with zero attached hydrogens (tertiary/aromatic N) is 2. The van der Waals surface area contributed by atoms with Crippen LogP contribution in [0.25, 0.3) is 0 Å². The van der Waals surface area contributed by atoms with Crippen LogP contribution < -0.4 is 11.1 Å². The molecule has 0 aliphatic carbocycles. The third kappa shape index (κ3) is 2.66. The molecule has 1 unspecified atom stereocenters. The predicted molar refractivity (Wildman–Crippen MR) is 51.4 cm³/mol. The van der Waals surface area contributed by atoms with Gasteiger partial charge in [0.15, 0.2) is 0 Å². The third-order valence-electron chi connectivity index (χ3n) is 1.61. The van der Waals surface area contributed by atoms with Gasteiger partial charge in [-0.2, -0.15) is 0 Å². The fourth-order valence-corrected chi connectivity index (χ4v) is 1.42. The zero-order chi connectivity index (χ0) is 9.84. The van der Waals surface area contributed by atoms with Crippen molar-refractivity contribution in [2.45, 2.75) is 19.9 Å². The topological polar surface area (TPSA) is 80.9 Å². The number of primary amides is 1. The molecule has 1 amide bonds. The molecule has 72 valence electrons. The lowest BCUT2D eigenvalue weighted by Crippen LogP contribution is -2.39. The molecule has 3 N–H and O–H groups in total. The molecule has 1 heterocycles. The molecule has 1 rings (SSSR count). The molecular formula is C7H12N4OS. The van der Waals surface area contributed by atoms with E-state index in [2.05, 4.69) is 15.5 Å². The molecule has 0 saturated carbocycles. The van der Waals surface area contributed by atoms with Crippen molar-refractivity contribution in [1.82, 2.24) is 10.2 Å². The Morgan fingerprint density at radius 3 is 2.77 bits per heavy atom. The molecular weight excluding hydrogens is 188 g/mol. The molecule has 5 nitrogen and oxygen atoms in total. The van der Waals surface area contributed by atoms with Gasteiger partial charge in [0, 0.05) is 0 Å². The second kappa shape index (κ2) is 4.18. The first-order valence-corrected chi connectivity index (χ1v) is 4.81. The molecule has 6 heteroatoms. The largest absolute Gasteiger partial charge is 0.368 e. The van der Waals surface area contributed by atoms with E-state index in [1.54, 1.807) is 5.51 Å². The second-order valence-electron chi connectivity index (χ2n) is 3.01. The number of anilines is 1. The van der Waals surface area contributed by atoms with Gasteiger partial charge in [0.2, 0.25) is 11.0 Å². The Balaban J connectivity index is 2.63. The average molecular weight is 200 g/mol. The maximum absolute atomic E-state index is 11.0. The highest BCUT2D eigenvalue weighted by Crippen LogP contribution is 2.13. The van der Waals surface area contributed by atoms with Crippen LogP contribution in [-0.4, -0.2) is 22.1 Å². The standard InChI is InChI=1S/C7H12N4OS/c1-4(2)5(6(8)12)10-7-11-9-3-13-7/h3-5H,1-2H3,(H2,8,12)(H,10,11). The minimum atomic E-state index is -0.382. The summed E-state index contributed by atoms with van der Waals surface area (Å²) in [7, 11) is 0. The van der Waals surface area contributed by atoms with Crippen molar-refractivity contribution in [2.75, 3.05) is 5.32 Å². The van der Waals surface area contributed by atoms with E-state index in [0.717, 1.165) is 0 Å². The van der Waals surface area contributed by atoms with Crippen molar-refractivity contribution < 1.29 is 4.79 Å². The number of hydrogen-bond donors (Lipinski definition) is 2. The van der Waals surface area contributed by atoms with E-state index in [9.17, 15) is 4.79 Å². The van der Waals surface area contributed by atoms with Crippen LogP contribution in [0.5, 0.6) is 0 Å². The summed E-state index contributed by atoms with van der Waals surface area (Å²) in [6, 6.07) is -0.382. The molecule has 0 aliphatic rings. The quantitative estimate of drug-likeness (QED) is 0.739. The fraction of sp³-hybridized carbons (Fsp3) is 0.571. The summed E-state index contributed by atoms with van der Waals surface area (Å²) in [5.74, 6) is -0.230. The normalized spacial score (nSPS) is 12.8. The summed E-state index contributed by atoms with van der Waals surface area (Å²) in [6.07, 6.45) is 0. The number of carbonyl (C=O) groups is 1. The maximum atomic E-state index is 11.0. The molecule has 1 aromatic heterocycles. The zero-order valence-electron chi connectivity index (χ0n) is 7.52. The van der Waals surface area contributed by atoms with Crippen molar-refractivity contribution in [3.8, 4) is 0 Å². The number of nitrogens with one attached hydrogen (secondary N) is 1. The third-order valence-corrected chi connectivity index (χ3v) is 2.23. The second-order valence-corrected chi connectivity index (χ2v) is 3.85. The van der Waals surface area contributed by atoms with Gasteiger partial charge in [0.1, 0.15) is 11.6 Å². The van der Waals surface area contributed by atoms with Crippen molar-refractivity contribution in [3.63, 3.8) is 0 Å². The zero-order valence-corrected chi connectivity index (χ0v) is 8.34. The molecule has 0 bridgehead atoms. The van der Waals surface area contributed by atoms with E-state index in [1.165, 1.54) is 11.3 Å². The first kappa shape index (κ1) is 9.91. The Morgan fingerprint density at radius 2 is 2.38 bits per heavy atom. The van der Waals surface area contributed by atoms with E-state index in [1.807, 2.05) is 13.8 Å². The van der Waals surface area contributed by atoms with E-state index in [4.69, 9.17) is 5.73 Å². The molecule has 13 heavy (non-hydrogen) atoms. The molecule has 0 aromatic carbocycles. The summed E-state index contributed by atoms with van der Waals surface area (Å²) in [5.41, 5.74) is 6.81. The Kier molecular flexibility index (Phi) is 3.18. The van der Waals surface area contributed by atoms with Crippen LogP contribution in [0.1, 0.15) is 13.8 Å². The van der Waals surface area contributed by atoms with E-state index >= 15 is 0 Å². The van der Waals surface area contributed by atoms with Crippen LogP contribution in [-0.2, 0) is 4.79 Å². The minimum absolute atomic E-state index is 0.140. The number of nitrogens with two attached hydrogens (primary N) is 1. The summed E-state index contributed by atoms with van der Waals surface area (Å²) in [6.45, 7) is 3.84. The highest BCUT2D eigenvalue weighted by atomic mass is 32.1. The molecule has 0 radical (unpaired) electrons. The summed E-state index contributed by atoms with van der Waals surface area (Å²) in [5, 5.41) is 11.0. The monoisotopic (exact) mass is 200 g/mol. The highest BCUT2D eigenvalue weighted by molar-refractivity contribution is 7.13. The van der Waals surface area contributed by atoms with Crippen LogP contribution in [0.15, 0.2) is 5.51 Å². The smallest absolute Gasteiger partial charge is 0.240 e. The number of carbonyl (C=O) groups excluding carboxylic acids is 1. The minimum Gasteiger partial charge on any atom is -0.368 e. The molecule has 0 saturated heterocycles. The molecule has 1 atom stereocenters. The van der Waals surface area contributed by atoms with Gasteiger partial charge < -0.3 is 11.1 Å². The fourth-order valence-electron chi connectivity index (χ4n) is 0.935. The molecule has 0 aliphatic heterocycles. The van der Waals surface area contributed by atoms with Gasteiger partial charge in [-0.15, -0.1) is 10.2 Å². The van der Waals surface area contributed by atoms with Crippen LogP contribution >= 0.6 is 11.3 Å². The Hall–Kier alpha value is -1.17. The van der Waals surface area contributed by atoms with Crippen LogP contribution in [0.2, 0.25) is 0 Å². The van der Waals surface area contributed by atoms with Gasteiger partial charge in [-0.1, -0.05) is 25.2 Å². The lowest BCUT2D eigenvalue weighted by molar-refractivity contribution is -0.119. The number of amides is 1. The van der Waals surface area contributed by atoms with Gasteiger partial charge in [-0.25, -0.2) is 0 Å². The lowest BCUT2D eigenvalue weighted by atomic mass is 10.0. The lowest BCUT2D eigenvalue weighted by Gasteiger charge is -2.17. The van der Waals surface area contributed by atoms with Crippen molar-refractivity contribution in [1.29, 1.82) is 0 Å². The van der Waals surface area contributed by atoms with Crippen LogP contribution in [0, 0.1) is 5.92 Å². The van der Waals surface area contributed by atoms with E-state index < -0.39 is 0 Å². The number of hydrogen-bond acceptors (Lipinski definition) is 5. The van der Waals surface area contributed by atoms with Gasteiger partial charge in [-0.3, -0.25) is 4.79 Å². The molecule has 1 aromatic rings.